The Kier molecular flexibility index (Phi) is 27.3. The third kappa shape index (κ3) is 20.3. The summed E-state index contributed by atoms with van der Waals surface area (Å²) in [6.07, 6.45) is -18.4. The predicted octanol–water partition coefficient (Wildman–Crippen LogP) is 14.4. The van der Waals surface area contributed by atoms with Crippen LogP contribution in [0.3, 0.4) is 0 Å². The minimum absolute atomic E-state index is 0.136. The molecule has 0 aromatic heterocycles. The summed E-state index contributed by atoms with van der Waals surface area (Å²) in [5.74, 6) is 0. The van der Waals surface area contributed by atoms with Gasteiger partial charge in [0, 0.05) is 0 Å². The number of aliphatic hydroxyl groups excluding tert-OH is 1. The highest BCUT2D eigenvalue weighted by Crippen LogP contribution is 2.41. The second-order valence-corrected chi connectivity index (χ2v) is 27.0. The van der Waals surface area contributed by atoms with Gasteiger partial charge in [-0.3, -0.25) is 0 Å². The molecular formula is C87H96O17. The van der Waals surface area contributed by atoms with E-state index in [0.717, 1.165) is 50.1 Å². The Labute approximate surface area is 611 Å². The molecular weight excluding hydrogens is 1320 g/mol. The fourth-order valence-electron chi connectivity index (χ4n) is 13.9. The van der Waals surface area contributed by atoms with Crippen LogP contribution in [0, 0.1) is 0 Å². The zero-order valence-electron chi connectivity index (χ0n) is 59.4. The summed E-state index contributed by atoms with van der Waals surface area (Å²) in [6.45, 7) is 9.44. The van der Waals surface area contributed by atoms with Crippen molar-refractivity contribution in [3.05, 3.63) is 323 Å². The molecule has 0 radical (unpaired) electrons. The number of hydrogen-bond acceptors (Lipinski definition) is 17. The summed E-state index contributed by atoms with van der Waals surface area (Å²) in [5, 5.41) is 11.9. The molecule has 0 bridgehead atoms. The van der Waals surface area contributed by atoms with E-state index in [-0.39, 0.29) is 52.9 Å². The lowest BCUT2D eigenvalue weighted by Gasteiger charge is -2.52. The molecule has 0 unspecified atom stereocenters. The van der Waals surface area contributed by atoms with Crippen LogP contribution in [0.15, 0.2) is 273 Å². The van der Waals surface area contributed by atoms with Gasteiger partial charge >= 0.3 is 0 Å². The molecule has 4 aliphatic rings. The molecule has 0 spiro atoms. The molecule has 17 heteroatoms. The molecule has 20 atom stereocenters. The first-order chi connectivity index (χ1) is 51.1. The molecule has 546 valence electrons. The molecule has 9 aromatic rings. The predicted molar refractivity (Wildman–Crippen MR) is 389 cm³/mol. The zero-order chi connectivity index (χ0) is 71.2. The Balaban J connectivity index is 0.858. The third-order valence-electron chi connectivity index (χ3n) is 19.4. The third-order valence-corrected chi connectivity index (χ3v) is 19.4. The van der Waals surface area contributed by atoms with E-state index < -0.39 is 123 Å². The average Bonchev–Trinajstić information content (AvgIpc) is 0.766. The molecule has 4 saturated heterocycles. The lowest BCUT2D eigenvalue weighted by Crippen LogP contribution is -2.67. The molecule has 104 heavy (non-hydrogen) atoms. The topological polar surface area (TPSA) is 168 Å². The Morgan fingerprint density at radius 3 is 0.596 bits per heavy atom. The van der Waals surface area contributed by atoms with Crippen molar-refractivity contribution >= 4 is 0 Å². The normalized spacial score (nSPS) is 29.3. The summed E-state index contributed by atoms with van der Waals surface area (Å²) >= 11 is 0. The van der Waals surface area contributed by atoms with Crippen LogP contribution >= 0.6 is 0 Å². The Hall–Kier alpha value is -7.70. The lowest BCUT2D eigenvalue weighted by atomic mass is 9.95. The van der Waals surface area contributed by atoms with Crippen LogP contribution in [-0.4, -0.2) is 128 Å². The molecule has 17 nitrogen and oxygen atoms in total. The van der Waals surface area contributed by atoms with E-state index in [4.69, 9.17) is 75.8 Å². The largest absolute Gasteiger partial charge is 0.368 e. The van der Waals surface area contributed by atoms with Gasteiger partial charge in [-0.1, -0.05) is 273 Å². The van der Waals surface area contributed by atoms with E-state index >= 15 is 0 Å². The monoisotopic (exact) mass is 1410 g/mol. The Morgan fingerprint density at radius 2 is 0.365 bits per heavy atom. The van der Waals surface area contributed by atoms with Gasteiger partial charge in [0.15, 0.2) is 25.2 Å². The lowest BCUT2D eigenvalue weighted by molar-refractivity contribution is -0.395. The van der Waals surface area contributed by atoms with Gasteiger partial charge in [0.25, 0.3) is 0 Å². The maximum atomic E-state index is 11.9. The van der Waals surface area contributed by atoms with E-state index in [1.165, 1.54) is 0 Å². The van der Waals surface area contributed by atoms with E-state index in [0.29, 0.717) is 6.61 Å². The summed E-state index contributed by atoms with van der Waals surface area (Å²) in [5.41, 5.74) is 8.40. The van der Waals surface area contributed by atoms with Crippen molar-refractivity contribution in [3.63, 3.8) is 0 Å². The van der Waals surface area contributed by atoms with Gasteiger partial charge in [0.1, 0.15) is 73.2 Å². The molecule has 1 N–H and O–H groups in total. The molecule has 0 saturated carbocycles. The first-order valence-corrected chi connectivity index (χ1v) is 36.3. The van der Waals surface area contributed by atoms with Crippen molar-refractivity contribution < 1.29 is 80.9 Å². The molecule has 0 aliphatic carbocycles. The van der Waals surface area contributed by atoms with Gasteiger partial charge in [0.05, 0.1) is 83.9 Å². The molecule has 4 aliphatic heterocycles. The van der Waals surface area contributed by atoms with Crippen LogP contribution in [0.4, 0.5) is 0 Å². The summed E-state index contributed by atoms with van der Waals surface area (Å²) in [7, 11) is 0. The number of rotatable bonds is 33. The van der Waals surface area contributed by atoms with Crippen molar-refractivity contribution in [3.8, 4) is 0 Å². The molecule has 0 amide bonds. The fourth-order valence-corrected chi connectivity index (χ4v) is 13.9. The van der Waals surface area contributed by atoms with Crippen molar-refractivity contribution in [1.82, 2.24) is 0 Å². The smallest absolute Gasteiger partial charge is 0.187 e. The second kappa shape index (κ2) is 38.0. The van der Waals surface area contributed by atoms with Crippen LogP contribution in [0.2, 0.25) is 0 Å². The summed E-state index contributed by atoms with van der Waals surface area (Å²) in [4.78, 5) is 0. The highest BCUT2D eigenvalue weighted by molar-refractivity contribution is 5.21. The SMILES string of the molecule is C[C@H]1O[C@H](O[C@@H]2[C@H](OCc3ccccc3)[C@@H](OCc3ccccc3)[C@H](O[C@H]3[C@H](OCc4ccccc4)[C@@H](OCc4ccccc4)[C@@H](O[C@H]4[C@H](OCc5ccccc5)[C@@H](OCc5ccccc5)[C@H](O)O[C@@H]4C)O[C@@H]3C)O[C@@H]2C)[C@H](OCc2ccccc2)[C@@H](OCc2ccccc2)[C@H]1OCc1ccccc1. The first-order valence-electron chi connectivity index (χ1n) is 36.3. The first kappa shape index (κ1) is 74.6. The van der Waals surface area contributed by atoms with Crippen molar-refractivity contribution in [2.24, 2.45) is 0 Å². The van der Waals surface area contributed by atoms with E-state index in [1.807, 2.05) is 301 Å². The van der Waals surface area contributed by atoms with Crippen LogP contribution in [0.25, 0.3) is 0 Å². The zero-order valence-corrected chi connectivity index (χ0v) is 59.4. The Bertz CT molecular complexity index is 3860. The van der Waals surface area contributed by atoms with Crippen LogP contribution in [0.1, 0.15) is 77.8 Å². The van der Waals surface area contributed by atoms with Crippen LogP contribution in [0.5, 0.6) is 0 Å². The second-order valence-electron chi connectivity index (χ2n) is 27.0. The number of ether oxygens (including phenoxy) is 16. The van der Waals surface area contributed by atoms with Crippen LogP contribution in [-0.2, 0) is 135 Å². The maximum Gasteiger partial charge on any atom is 0.187 e. The minimum atomic E-state index is -1.37. The average molecular weight is 1410 g/mol. The highest BCUT2D eigenvalue weighted by Gasteiger charge is 2.57. The molecule has 4 heterocycles. The highest BCUT2D eigenvalue weighted by atomic mass is 16.8. The number of benzene rings is 9. The Morgan fingerprint density at radius 1 is 0.202 bits per heavy atom. The van der Waals surface area contributed by atoms with Gasteiger partial charge in [-0.2, -0.15) is 0 Å². The van der Waals surface area contributed by atoms with E-state index in [1.54, 1.807) is 0 Å². The molecule has 4 fully saturated rings. The van der Waals surface area contributed by atoms with Crippen LogP contribution < -0.4 is 0 Å². The van der Waals surface area contributed by atoms with Gasteiger partial charge in [0.2, 0.25) is 0 Å². The van der Waals surface area contributed by atoms with Gasteiger partial charge in [-0.25, -0.2) is 0 Å². The van der Waals surface area contributed by atoms with Gasteiger partial charge in [-0.05, 0) is 77.8 Å². The van der Waals surface area contributed by atoms with E-state index in [9.17, 15) is 5.11 Å². The molecule has 13 rings (SSSR count). The van der Waals surface area contributed by atoms with Gasteiger partial charge in [-0.15, -0.1) is 0 Å². The summed E-state index contributed by atoms with van der Waals surface area (Å²) in [6, 6.07) is 89.6. The van der Waals surface area contributed by atoms with Crippen molar-refractivity contribution in [2.45, 2.75) is 210 Å². The van der Waals surface area contributed by atoms with Gasteiger partial charge < -0.3 is 80.9 Å². The quantitative estimate of drug-likeness (QED) is 0.0412. The summed E-state index contributed by atoms with van der Waals surface area (Å²) < 4.78 is 114. The maximum absolute atomic E-state index is 11.9. The fraction of sp³-hybridized carbons (Fsp3) is 0.379. The van der Waals surface area contributed by atoms with Crippen molar-refractivity contribution in [2.75, 3.05) is 0 Å². The number of hydrogen-bond donors (Lipinski definition) is 1. The number of aliphatic hydroxyl groups is 1. The standard InChI is InChI=1S/C87H96O17/c1-59-72(89-50-63-32-14-5-15-33-63)76(90-51-64-34-16-6-17-35-64)81(95-56-69-44-26-11-27-45-69)85(99-59)103-74-61(3)101-87(83(97-58-71-48-30-13-31-49-71)78(74)92-53-66-38-20-8-21-39-66)104-75-62(4)100-86(82(96-57-70-46-28-12-29-47-70)79(75)93-54-67-40-22-9-23-41-67)102-73-60(2)98-84(88)80(94-55-68-42-24-10-25-43-68)77(73)91-52-65-36-18-7-19-37-65/h5-49,59-62,72-88H,50-58H2,1-4H3/t59-,60-,61-,62-,72+,73-,74+,75-,76+,77+,78+,79+,80-,81-,82-,83-,84-,85-,86-,87+/m1/s1. The minimum Gasteiger partial charge on any atom is -0.368 e. The van der Waals surface area contributed by atoms with Crippen molar-refractivity contribution in [1.29, 1.82) is 0 Å². The van der Waals surface area contributed by atoms with E-state index in [2.05, 4.69) is 0 Å². The molecule has 9 aromatic carbocycles.